The lowest BCUT2D eigenvalue weighted by atomic mass is 10.0. The topological polar surface area (TPSA) is 18.5 Å². The average Bonchev–Trinajstić information content (AvgIpc) is 2.42. The van der Waals surface area contributed by atoms with Crippen LogP contribution in [0.3, 0.4) is 0 Å². The summed E-state index contributed by atoms with van der Waals surface area (Å²) in [6.07, 6.45) is 4.31. The molecule has 0 N–H and O–H groups in total. The lowest BCUT2D eigenvalue weighted by molar-refractivity contribution is 0.0831. The zero-order valence-corrected chi connectivity index (χ0v) is 16.1. The Hall–Kier alpha value is 0.0938. The molecule has 0 rings (SSSR count). The van der Waals surface area contributed by atoms with Crippen LogP contribution in [0.1, 0.15) is 67.2 Å². The summed E-state index contributed by atoms with van der Waals surface area (Å²) in [7, 11) is -1.26. The van der Waals surface area contributed by atoms with E-state index < -0.39 is 19.5 Å². The first-order valence-corrected chi connectivity index (χ1v) is 9.86. The minimum Gasteiger partial charge on any atom is -0.414 e. The van der Waals surface area contributed by atoms with Gasteiger partial charge in [0.2, 0.25) is 0 Å². The highest BCUT2D eigenvalue weighted by Gasteiger charge is 2.22. The van der Waals surface area contributed by atoms with E-state index in [-0.39, 0.29) is 11.2 Å². The minimum atomic E-state index is -0.632. The van der Waals surface area contributed by atoms with E-state index in [9.17, 15) is 0 Å². The Morgan fingerprint density at radius 2 is 1.11 bits per heavy atom. The zero-order chi connectivity index (χ0) is 14.2. The zero-order valence-electron chi connectivity index (χ0n) is 13.3. The molecule has 0 aliphatic rings. The third-order valence-electron chi connectivity index (χ3n) is 4.24. The Morgan fingerprint density at radius 1 is 0.833 bits per heavy atom. The maximum Gasteiger partial charge on any atom is 0.186 e. The van der Waals surface area contributed by atoms with Gasteiger partial charge < -0.3 is 8.85 Å². The molecule has 0 aromatic heterocycles. The van der Waals surface area contributed by atoms with Crippen LogP contribution in [-0.4, -0.2) is 30.7 Å². The van der Waals surface area contributed by atoms with Crippen LogP contribution in [0.4, 0.5) is 0 Å². The highest BCUT2D eigenvalue weighted by Crippen LogP contribution is 2.21. The summed E-state index contributed by atoms with van der Waals surface area (Å²) < 4.78 is 12.2. The highest BCUT2D eigenvalue weighted by molar-refractivity contribution is 6.63. The first-order chi connectivity index (χ1) is 8.34. The van der Waals surface area contributed by atoms with Crippen LogP contribution in [0.5, 0.6) is 0 Å². The van der Waals surface area contributed by atoms with E-state index in [1.54, 1.807) is 0 Å². The maximum atomic E-state index is 6.12. The Balaban J connectivity index is 4.06. The van der Waals surface area contributed by atoms with E-state index in [0.29, 0.717) is 0 Å². The van der Waals surface area contributed by atoms with Crippen molar-refractivity contribution in [3.05, 3.63) is 11.4 Å². The second-order valence-electron chi connectivity index (χ2n) is 5.64. The molecule has 108 valence electrons. The Bertz CT molecular complexity index is 222. The van der Waals surface area contributed by atoms with E-state index in [1.807, 2.05) is 0 Å². The van der Waals surface area contributed by atoms with Crippen molar-refractivity contribution in [3.63, 3.8) is 0 Å². The Labute approximate surface area is 118 Å². The van der Waals surface area contributed by atoms with Crippen LogP contribution in [-0.2, 0) is 8.85 Å². The first kappa shape index (κ1) is 18.1. The fourth-order valence-electron chi connectivity index (χ4n) is 1.50. The predicted octanol–water partition coefficient (Wildman–Crippen LogP) is 2.82. The van der Waals surface area contributed by atoms with Gasteiger partial charge in [-0.2, -0.15) is 0 Å². The number of hydrogen-bond donors (Lipinski definition) is 0. The van der Waals surface area contributed by atoms with Crippen molar-refractivity contribution in [3.8, 4) is 0 Å². The van der Waals surface area contributed by atoms with Crippen molar-refractivity contribution in [2.24, 2.45) is 0 Å². The molecule has 0 aliphatic carbocycles. The summed E-state index contributed by atoms with van der Waals surface area (Å²) in [5.74, 6) is 0. The predicted molar refractivity (Wildman–Crippen MR) is 86.4 cm³/mol. The molecule has 0 aromatic rings. The van der Waals surface area contributed by atoms with E-state index in [2.05, 4.69) is 48.1 Å². The third kappa shape index (κ3) is 6.32. The van der Waals surface area contributed by atoms with Crippen LogP contribution in [0, 0.1) is 0 Å². The van der Waals surface area contributed by atoms with Crippen molar-refractivity contribution in [2.75, 3.05) is 0 Å². The SMILES string of the molecule is C=C([SiH2]OC(C)(CC)CC)[SiH2]OC(C)(CC)CC. The molecule has 0 atom stereocenters. The fraction of sp³-hybridized carbons (Fsp3) is 0.857. The van der Waals surface area contributed by atoms with Gasteiger partial charge in [-0.05, 0) is 39.5 Å². The highest BCUT2D eigenvalue weighted by atomic mass is 28.3. The van der Waals surface area contributed by atoms with Crippen molar-refractivity contribution in [2.45, 2.75) is 78.4 Å². The molecule has 0 bridgehead atoms. The van der Waals surface area contributed by atoms with Gasteiger partial charge in [-0.15, -0.1) is 6.58 Å². The molecule has 0 aliphatic heterocycles. The molecule has 0 amide bonds. The molecule has 2 nitrogen and oxygen atoms in total. The van der Waals surface area contributed by atoms with Crippen molar-refractivity contribution < 1.29 is 8.85 Å². The lowest BCUT2D eigenvalue weighted by Crippen LogP contribution is -2.33. The lowest BCUT2D eigenvalue weighted by Gasteiger charge is -2.30. The minimum absolute atomic E-state index is 0.0579. The van der Waals surface area contributed by atoms with E-state index in [4.69, 9.17) is 8.85 Å². The van der Waals surface area contributed by atoms with Gasteiger partial charge in [0.15, 0.2) is 19.5 Å². The molecule has 0 spiro atoms. The van der Waals surface area contributed by atoms with Gasteiger partial charge in [0.1, 0.15) is 0 Å². The molecular formula is C14H32O2Si2. The van der Waals surface area contributed by atoms with Crippen LogP contribution >= 0.6 is 0 Å². The average molecular weight is 289 g/mol. The van der Waals surface area contributed by atoms with Gasteiger partial charge in [0.05, 0.1) is 11.2 Å². The molecule has 18 heavy (non-hydrogen) atoms. The number of rotatable bonds is 10. The van der Waals surface area contributed by atoms with Crippen LogP contribution in [0.15, 0.2) is 11.4 Å². The van der Waals surface area contributed by atoms with Crippen molar-refractivity contribution >= 4 is 19.5 Å². The molecule has 0 heterocycles. The van der Waals surface area contributed by atoms with Crippen molar-refractivity contribution in [1.82, 2.24) is 0 Å². The summed E-state index contributed by atoms with van der Waals surface area (Å²) in [5, 5.41) is 0. The second kappa shape index (κ2) is 8.30. The number of hydrogen-bond acceptors (Lipinski definition) is 2. The van der Waals surface area contributed by atoms with E-state index >= 15 is 0 Å². The third-order valence-corrected chi connectivity index (χ3v) is 7.96. The second-order valence-corrected chi connectivity index (χ2v) is 9.80. The van der Waals surface area contributed by atoms with Crippen LogP contribution in [0.2, 0.25) is 0 Å². The first-order valence-electron chi connectivity index (χ1n) is 7.29. The molecule has 0 unspecified atom stereocenters. The molecule has 0 saturated carbocycles. The smallest absolute Gasteiger partial charge is 0.186 e. The molecule has 0 saturated heterocycles. The van der Waals surface area contributed by atoms with Gasteiger partial charge in [0, 0.05) is 0 Å². The van der Waals surface area contributed by atoms with Crippen LogP contribution < -0.4 is 0 Å². The molecule has 0 fully saturated rings. The summed E-state index contributed by atoms with van der Waals surface area (Å²) in [6.45, 7) is 17.4. The molecule has 0 radical (unpaired) electrons. The molecular weight excluding hydrogens is 256 g/mol. The molecule has 0 aromatic carbocycles. The van der Waals surface area contributed by atoms with Gasteiger partial charge in [-0.25, -0.2) is 0 Å². The summed E-state index contributed by atoms with van der Waals surface area (Å²) >= 11 is 0. The van der Waals surface area contributed by atoms with Crippen molar-refractivity contribution in [1.29, 1.82) is 0 Å². The summed E-state index contributed by atoms with van der Waals surface area (Å²) in [6, 6.07) is 0. The quantitative estimate of drug-likeness (QED) is 0.576. The fourth-order valence-corrected chi connectivity index (χ4v) is 4.37. The monoisotopic (exact) mass is 288 g/mol. The van der Waals surface area contributed by atoms with Crippen LogP contribution in [0.25, 0.3) is 0 Å². The molecule has 4 heteroatoms. The summed E-state index contributed by atoms with van der Waals surface area (Å²) in [5.41, 5.74) is 0.116. The Morgan fingerprint density at radius 3 is 1.33 bits per heavy atom. The normalized spacial score (nSPS) is 14.1. The van der Waals surface area contributed by atoms with E-state index in [1.165, 1.54) is 4.82 Å². The van der Waals surface area contributed by atoms with Gasteiger partial charge in [-0.3, -0.25) is 0 Å². The van der Waals surface area contributed by atoms with Gasteiger partial charge >= 0.3 is 0 Å². The van der Waals surface area contributed by atoms with Gasteiger partial charge in [-0.1, -0.05) is 32.5 Å². The standard InChI is InChI=1S/C14H32O2Si2/c1-8-13(6,9-2)15-17-12(5)18-16-14(7,10-3)11-4/h5,8-11,17-18H2,1-4,6-7H3. The Kier molecular flexibility index (Phi) is 8.34. The van der Waals surface area contributed by atoms with Gasteiger partial charge in [0.25, 0.3) is 0 Å². The van der Waals surface area contributed by atoms with E-state index in [0.717, 1.165) is 25.7 Å². The summed E-state index contributed by atoms with van der Waals surface area (Å²) in [4.78, 5) is 1.30. The maximum absolute atomic E-state index is 6.12. The largest absolute Gasteiger partial charge is 0.414 e.